The number of carbonyl (C=O) groups is 2. The minimum absolute atomic E-state index is 0.0297. The second-order valence-corrected chi connectivity index (χ2v) is 8.12. The van der Waals surface area contributed by atoms with Crippen LogP contribution >= 0.6 is 0 Å². The zero-order valence-electron chi connectivity index (χ0n) is 17.2. The van der Waals surface area contributed by atoms with Gasteiger partial charge in [-0.05, 0) is 42.4 Å². The number of benzene rings is 1. The molecule has 0 spiro atoms. The summed E-state index contributed by atoms with van der Waals surface area (Å²) in [6.45, 7) is -0.0297. The van der Waals surface area contributed by atoms with Crippen molar-refractivity contribution in [1.29, 1.82) is 5.26 Å². The van der Waals surface area contributed by atoms with E-state index in [0.29, 0.717) is 28.7 Å². The molecule has 8 nitrogen and oxygen atoms in total. The van der Waals surface area contributed by atoms with Gasteiger partial charge in [0.25, 0.3) is 0 Å². The lowest BCUT2D eigenvalue weighted by Gasteiger charge is -2.23. The second-order valence-electron chi connectivity index (χ2n) is 8.12. The number of hydrogen-bond donors (Lipinski definition) is 2. The third-order valence-electron chi connectivity index (χ3n) is 6.08. The summed E-state index contributed by atoms with van der Waals surface area (Å²) in [5, 5.41) is 19.6. The molecule has 4 atom stereocenters. The van der Waals surface area contributed by atoms with Gasteiger partial charge in [-0.15, -0.1) is 0 Å². The Hall–Kier alpha value is -3.25. The molecular formula is C22H24FN5O3. The summed E-state index contributed by atoms with van der Waals surface area (Å²) in [7, 11) is 1.30. The number of nitrogens with zero attached hydrogens (tertiary/aromatic N) is 3. The molecule has 4 rings (SSSR count). The molecule has 1 amide bonds. The van der Waals surface area contributed by atoms with Crippen LogP contribution in [0.1, 0.15) is 24.8 Å². The Balaban J connectivity index is 1.40. The largest absolute Gasteiger partial charge is 0.468 e. The van der Waals surface area contributed by atoms with E-state index in [-0.39, 0.29) is 24.9 Å². The van der Waals surface area contributed by atoms with Crippen LogP contribution in [0.3, 0.4) is 0 Å². The first kappa shape index (κ1) is 21.0. The topological polar surface area (TPSA) is 109 Å². The average Bonchev–Trinajstić information content (AvgIpc) is 3.51. The van der Waals surface area contributed by atoms with Crippen molar-refractivity contribution in [2.45, 2.75) is 50.4 Å². The Bertz CT molecular complexity index is 1030. The van der Waals surface area contributed by atoms with Crippen LogP contribution in [0.15, 0.2) is 30.6 Å². The highest BCUT2D eigenvalue weighted by Gasteiger charge is 2.43. The SMILES string of the molecule is COC(=O)Cn1cc(-c2ccc(CC(C#N)NC(=O)C3NC4CCC3C4)c(F)c2)cn1. The summed E-state index contributed by atoms with van der Waals surface area (Å²) in [6, 6.07) is 6.09. The third-order valence-corrected chi connectivity index (χ3v) is 6.08. The van der Waals surface area contributed by atoms with Crippen LogP contribution in [0.2, 0.25) is 0 Å². The van der Waals surface area contributed by atoms with Gasteiger partial charge in [0.05, 0.1) is 25.4 Å². The number of amides is 1. The maximum absolute atomic E-state index is 14.7. The molecule has 162 valence electrons. The predicted molar refractivity (Wildman–Crippen MR) is 109 cm³/mol. The van der Waals surface area contributed by atoms with Crippen molar-refractivity contribution in [1.82, 2.24) is 20.4 Å². The van der Waals surface area contributed by atoms with E-state index >= 15 is 0 Å². The highest BCUT2D eigenvalue weighted by molar-refractivity contribution is 5.83. The first-order valence-corrected chi connectivity index (χ1v) is 10.3. The van der Waals surface area contributed by atoms with Gasteiger partial charge in [0.15, 0.2) is 0 Å². The van der Waals surface area contributed by atoms with Gasteiger partial charge < -0.3 is 15.4 Å². The predicted octanol–water partition coefficient (Wildman–Crippen LogP) is 1.55. The maximum Gasteiger partial charge on any atom is 0.327 e. The van der Waals surface area contributed by atoms with Gasteiger partial charge in [0.2, 0.25) is 5.91 Å². The highest BCUT2D eigenvalue weighted by Crippen LogP contribution is 2.35. The molecule has 2 fully saturated rings. The maximum atomic E-state index is 14.7. The Kier molecular flexibility index (Phi) is 6.00. The monoisotopic (exact) mass is 425 g/mol. The third kappa shape index (κ3) is 4.59. The summed E-state index contributed by atoms with van der Waals surface area (Å²) in [4.78, 5) is 23.9. The van der Waals surface area contributed by atoms with Crippen LogP contribution in [-0.4, -0.2) is 46.9 Å². The number of piperidine rings is 1. The molecule has 1 aromatic heterocycles. The van der Waals surface area contributed by atoms with Crippen molar-refractivity contribution in [2.75, 3.05) is 7.11 Å². The quantitative estimate of drug-likeness (QED) is 0.652. The number of fused-ring (bicyclic) bond motifs is 2. The van der Waals surface area contributed by atoms with Crippen molar-refractivity contribution < 1.29 is 18.7 Å². The van der Waals surface area contributed by atoms with E-state index < -0.39 is 17.8 Å². The Morgan fingerprint density at radius 2 is 2.26 bits per heavy atom. The number of nitriles is 1. The standard InChI is InChI=1S/C22H24FN5O3/c1-31-20(29)12-28-11-16(10-25-28)13-2-3-14(19(23)8-13)6-18(9-24)27-22(30)21-15-4-5-17(7-15)26-21/h2-3,8,10-11,15,17-18,21,26H,4-7,12H2,1H3,(H,27,30). The van der Waals surface area contributed by atoms with E-state index in [0.717, 1.165) is 19.3 Å². The van der Waals surface area contributed by atoms with Crippen LogP contribution < -0.4 is 10.6 Å². The summed E-state index contributed by atoms with van der Waals surface area (Å²) in [5.41, 5.74) is 1.60. The fourth-order valence-electron chi connectivity index (χ4n) is 4.45. The lowest BCUT2D eigenvalue weighted by atomic mass is 9.98. The molecule has 31 heavy (non-hydrogen) atoms. The lowest BCUT2D eigenvalue weighted by molar-refractivity contribution is -0.141. The molecule has 2 aromatic rings. The Labute approximate surface area is 179 Å². The van der Waals surface area contributed by atoms with E-state index in [9.17, 15) is 19.2 Å². The highest BCUT2D eigenvalue weighted by atomic mass is 19.1. The zero-order chi connectivity index (χ0) is 22.0. The number of nitrogens with one attached hydrogen (secondary N) is 2. The smallest absolute Gasteiger partial charge is 0.327 e. The number of methoxy groups -OCH3 is 1. The van der Waals surface area contributed by atoms with Gasteiger partial charge >= 0.3 is 5.97 Å². The summed E-state index contributed by atoms with van der Waals surface area (Å²) >= 11 is 0. The van der Waals surface area contributed by atoms with Crippen molar-refractivity contribution in [3.8, 4) is 17.2 Å². The van der Waals surface area contributed by atoms with E-state index in [1.807, 2.05) is 0 Å². The average molecular weight is 425 g/mol. The van der Waals surface area contributed by atoms with Crippen LogP contribution in [0.4, 0.5) is 4.39 Å². The summed E-state index contributed by atoms with van der Waals surface area (Å²) in [6.07, 6.45) is 6.37. The van der Waals surface area contributed by atoms with Crippen LogP contribution in [0.25, 0.3) is 11.1 Å². The number of rotatable bonds is 7. The van der Waals surface area contributed by atoms with E-state index in [4.69, 9.17) is 0 Å². The molecule has 2 bridgehead atoms. The lowest BCUT2D eigenvalue weighted by Crippen LogP contribution is -2.50. The van der Waals surface area contributed by atoms with Crippen LogP contribution in [-0.2, 0) is 27.3 Å². The summed E-state index contributed by atoms with van der Waals surface area (Å²) < 4.78 is 20.7. The number of ether oxygens (including phenoxy) is 1. The normalized spacial score (nSPS) is 22.7. The van der Waals surface area contributed by atoms with Crippen molar-refractivity contribution in [2.24, 2.45) is 5.92 Å². The second kappa shape index (κ2) is 8.86. The molecule has 1 aliphatic heterocycles. The molecular weight excluding hydrogens is 401 g/mol. The number of esters is 1. The van der Waals surface area contributed by atoms with Gasteiger partial charge in [-0.3, -0.25) is 14.3 Å². The minimum Gasteiger partial charge on any atom is -0.468 e. The fraction of sp³-hybridized carbons (Fsp3) is 0.455. The molecule has 0 radical (unpaired) electrons. The first-order chi connectivity index (χ1) is 15.0. The van der Waals surface area contributed by atoms with E-state index in [1.165, 1.54) is 24.1 Å². The molecule has 1 aromatic carbocycles. The van der Waals surface area contributed by atoms with Gasteiger partial charge in [-0.2, -0.15) is 10.4 Å². The molecule has 1 saturated heterocycles. The number of carbonyl (C=O) groups excluding carboxylic acids is 2. The molecule has 1 saturated carbocycles. The molecule has 2 N–H and O–H groups in total. The van der Waals surface area contributed by atoms with Crippen molar-refractivity contribution >= 4 is 11.9 Å². The fourth-order valence-corrected chi connectivity index (χ4v) is 4.45. The zero-order valence-corrected chi connectivity index (χ0v) is 17.2. The Morgan fingerprint density at radius 3 is 2.90 bits per heavy atom. The van der Waals surface area contributed by atoms with E-state index in [2.05, 4.69) is 26.5 Å². The van der Waals surface area contributed by atoms with Crippen molar-refractivity contribution in [3.63, 3.8) is 0 Å². The van der Waals surface area contributed by atoms with E-state index in [1.54, 1.807) is 18.3 Å². The van der Waals surface area contributed by atoms with Gasteiger partial charge in [0.1, 0.15) is 18.4 Å². The van der Waals surface area contributed by atoms with Crippen LogP contribution in [0, 0.1) is 23.1 Å². The molecule has 4 unspecified atom stereocenters. The Morgan fingerprint density at radius 1 is 1.42 bits per heavy atom. The summed E-state index contributed by atoms with van der Waals surface area (Å²) in [5.74, 6) is -0.763. The number of hydrogen-bond acceptors (Lipinski definition) is 6. The van der Waals surface area contributed by atoms with Gasteiger partial charge in [-0.25, -0.2) is 4.39 Å². The molecule has 1 aliphatic carbocycles. The number of halogens is 1. The molecule has 9 heteroatoms. The minimum atomic E-state index is -0.809. The van der Waals surface area contributed by atoms with Crippen LogP contribution in [0.5, 0.6) is 0 Å². The number of aromatic nitrogens is 2. The van der Waals surface area contributed by atoms with Gasteiger partial charge in [0, 0.05) is 24.2 Å². The van der Waals surface area contributed by atoms with Gasteiger partial charge in [-0.1, -0.05) is 12.1 Å². The molecule has 2 heterocycles. The van der Waals surface area contributed by atoms with Crippen molar-refractivity contribution in [3.05, 3.63) is 42.0 Å². The first-order valence-electron chi connectivity index (χ1n) is 10.3. The molecule has 2 aliphatic rings.